The summed E-state index contributed by atoms with van der Waals surface area (Å²) in [7, 11) is 0. The Bertz CT molecular complexity index is 1110. The largest absolute Gasteiger partial charge is 0.361 e. The molecule has 2 heterocycles. The molecule has 0 amide bonds. The monoisotopic (exact) mass is 385 g/mol. The molecule has 4 aromatic rings. The molecule has 0 fully saturated rings. The summed E-state index contributed by atoms with van der Waals surface area (Å²) in [5.41, 5.74) is 4.84. The first-order valence-corrected chi connectivity index (χ1v) is 9.99. The topological polar surface area (TPSA) is 65.6 Å². The van der Waals surface area contributed by atoms with Gasteiger partial charge in [-0.05, 0) is 41.2 Å². The number of fused-ring (bicyclic) bond motifs is 1. The number of hydrogen-bond acceptors (Lipinski definition) is 4. The van der Waals surface area contributed by atoms with Crippen LogP contribution in [0.25, 0.3) is 10.9 Å². The van der Waals surface area contributed by atoms with Crippen LogP contribution < -0.4 is 10.6 Å². The number of anilines is 3. The summed E-state index contributed by atoms with van der Waals surface area (Å²) < 4.78 is 0. The molecule has 5 nitrogen and oxygen atoms in total. The van der Waals surface area contributed by atoms with Gasteiger partial charge in [-0.2, -0.15) is 4.98 Å². The number of aromatic nitrogens is 3. The second kappa shape index (κ2) is 7.95. The number of benzene rings is 2. The van der Waals surface area contributed by atoms with E-state index in [0.717, 1.165) is 24.5 Å². The molecule has 0 saturated carbocycles. The Morgan fingerprint density at radius 3 is 2.62 bits per heavy atom. The predicted molar refractivity (Wildman–Crippen MR) is 121 cm³/mol. The molecule has 4 rings (SSSR count). The molecule has 0 aliphatic heterocycles. The van der Waals surface area contributed by atoms with Crippen LogP contribution in [0.2, 0.25) is 0 Å². The highest BCUT2D eigenvalue weighted by atomic mass is 15.1. The van der Waals surface area contributed by atoms with Crippen molar-refractivity contribution < 1.29 is 0 Å². The molecular weight excluding hydrogens is 358 g/mol. The molecule has 0 atom stereocenters. The third-order valence-corrected chi connectivity index (χ3v) is 5.01. The van der Waals surface area contributed by atoms with Gasteiger partial charge in [-0.3, -0.25) is 0 Å². The first-order chi connectivity index (χ1) is 14.0. The maximum Gasteiger partial charge on any atom is 0.224 e. The van der Waals surface area contributed by atoms with Crippen molar-refractivity contribution >= 4 is 28.4 Å². The quantitative estimate of drug-likeness (QED) is 0.401. The molecule has 5 heteroatoms. The fourth-order valence-electron chi connectivity index (χ4n) is 3.55. The molecule has 0 saturated heterocycles. The van der Waals surface area contributed by atoms with Gasteiger partial charge in [0.25, 0.3) is 0 Å². The van der Waals surface area contributed by atoms with Gasteiger partial charge in [0.15, 0.2) is 0 Å². The standard InChI is InChI=1S/C24H27N5/c1-24(2,3)19-9-5-7-11-21(19)28-22-13-15-26-23(29-22)25-14-12-17-16-27-20-10-6-4-8-18(17)20/h4-11,13,15-16,27H,12,14H2,1-3H3,(H2,25,26,28,29). The minimum absolute atomic E-state index is 0.0526. The van der Waals surface area contributed by atoms with Crippen molar-refractivity contribution in [1.29, 1.82) is 0 Å². The number of aromatic amines is 1. The van der Waals surface area contributed by atoms with E-state index in [2.05, 4.69) is 89.0 Å². The fraction of sp³-hybridized carbons (Fsp3) is 0.250. The van der Waals surface area contributed by atoms with E-state index in [0.29, 0.717) is 5.95 Å². The van der Waals surface area contributed by atoms with Crippen molar-refractivity contribution in [3.63, 3.8) is 0 Å². The van der Waals surface area contributed by atoms with E-state index in [1.54, 1.807) is 6.20 Å². The lowest BCUT2D eigenvalue weighted by Crippen LogP contribution is -2.14. The van der Waals surface area contributed by atoms with Gasteiger partial charge in [-0.1, -0.05) is 57.2 Å². The summed E-state index contributed by atoms with van der Waals surface area (Å²) in [6, 6.07) is 18.6. The van der Waals surface area contributed by atoms with E-state index in [4.69, 9.17) is 0 Å². The van der Waals surface area contributed by atoms with Crippen LogP contribution in [0.15, 0.2) is 67.0 Å². The second-order valence-electron chi connectivity index (χ2n) is 8.22. The number of H-pyrrole nitrogens is 1. The summed E-state index contributed by atoms with van der Waals surface area (Å²) >= 11 is 0. The Morgan fingerprint density at radius 2 is 1.76 bits per heavy atom. The maximum atomic E-state index is 4.63. The first-order valence-electron chi connectivity index (χ1n) is 9.99. The molecule has 2 aromatic heterocycles. The van der Waals surface area contributed by atoms with Crippen LogP contribution in [-0.4, -0.2) is 21.5 Å². The molecule has 0 spiro atoms. The van der Waals surface area contributed by atoms with Gasteiger partial charge in [0.2, 0.25) is 5.95 Å². The van der Waals surface area contributed by atoms with Crippen LogP contribution in [0.1, 0.15) is 31.9 Å². The lowest BCUT2D eigenvalue weighted by Gasteiger charge is -2.23. The Morgan fingerprint density at radius 1 is 0.966 bits per heavy atom. The number of para-hydroxylation sites is 2. The Balaban J connectivity index is 1.43. The fourth-order valence-corrected chi connectivity index (χ4v) is 3.55. The van der Waals surface area contributed by atoms with E-state index in [1.165, 1.54) is 22.0 Å². The molecule has 0 radical (unpaired) electrons. The van der Waals surface area contributed by atoms with Gasteiger partial charge in [0, 0.05) is 35.5 Å². The van der Waals surface area contributed by atoms with Crippen LogP contribution >= 0.6 is 0 Å². The van der Waals surface area contributed by atoms with Crippen molar-refractivity contribution in [2.24, 2.45) is 0 Å². The Hall–Kier alpha value is -3.34. The molecule has 148 valence electrons. The van der Waals surface area contributed by atoms with Crippen molar-refractivity contribution in [2.75, 3.05) is 17.2 Å². The number of hydrogen-bond donors (Lipinski definition) is 3. The minimum Gasteiger partial charge on any atom is -0.361 e. The summed E-state index contributed by atoms with van der Waals surface area (Å²) in [5, 5.41) is 8.06. The van der Waals surface area contributed by atoms with Gasteiger partial charge in [0.1, 0.15) is 5.82 Å². The minimum atomic E-state index is 0.0526. The third-order valence-electron chi connectivity index (χ3n) is 5.01. The van der Waals surface area contributed by atoms with E-state index in [-0.39, 0.29) is 5.41 Å². The Kier molecular flexibility index (Phi) is 5.21. The van der Waals surface area contributed by atoms with Crippen LogP contribution in [0.5, 0.6) is 0 Å². The van der Waals surface area contributed by atoms with Crippen LogP contribution in [0.4, 0.5) is 17.5 Å². The smallest absolute Gasteiger partial charge is 0.224 e. The Labute approximate surface area is 171 Å². The predicted octanol–water partition coefficient (Wildman–Crippen LogP) is 5.65. The van der Waals surface area contributed by atoms with Gasteiger partial charge < -0.3 is 15.6 Å². The summed E-state index contributed by atoms with van der Waals surface area (Å²) in [6.45, 7) is 7.41. The summed E-state index contributed by atoms with van der Waals surface area (Å²) in [6.07, 6.45) is 4.76. The molecular formula is C24H27N5. The summed E-state index contributed by atoms with van der Waals surface area (Å²) in [5.74, 6) is 1.41. The number of nitrogens with one attached hydrogen (secondary N) is 3. The zero-order valence-corrected chi connectivity index (χ0v) is 17.2. The first kappa shape index (κ1) is 19.0. The lowest BCUT2D eigenvalue weighted by atomic mass is 9.86. The molecule has 0 unspecified atom stereocenters. The van der Waals surface area contributed by atoms with Gasteiger partial charge in [-0.25, -0.2) is 4.98 Å². The number of rotatable bonds is 6. The summed E-state index contributed by atoms with van der Waals surface area (Å²) in [4.78, 5) is 12.3. The third kappa shape index (κ3) is 4.40. The molecule has 0 aliphatic rings. The normalized spacial score (nSPS) is 11.6. The van der Waals surface area contributed by atoms with Crippen molar-refractivity contribution in [3.05, 3.63) is 78.1 Å². The van der Waals surface area contributed by atoms with Crippen LogP contribution in [0.3, 0.4) is 0 Å². The molecule has 3 N–H and O–H groups in total. The van der Waals surface area contributed by atoms with Crippen LogP contribution in [-0.2, 0) is 11.8 Å². The lowest BCUT2D eigenvalue weighted by molar-refractivity contribution is 0.592. The van der Waals surface area contributed by atoms with Crippen molar-refractivity contribution in [3.8, 4) is 0 Å². The molecule has 2 aromatic carbocycles. The van der Waals surface area contributed by atoms with E-state index < -0.39 is 0 Å². The van der Waals surface area contributed by atoms with E-state index in [1.807, 2.05) is 18.2 Å². The SMILES string of the molecule is CC(C)(C)c1ccccc1Nc1ccnc(NCCc2c[nH]c3ccccc23)n1. The van der Waals surface area contributed by atoms with Gasteiger partial charge in [-0.15, -0.1) is 0 Å². The second-order valence-corrected chi connectivity index (χ2v) is 8.22. The highest BCUT2D eigenvalue weighted by Crippen LogP contribution is 2.30. The van der Waals surface area contributed by atoms with Crippen molar-refractivity contribution in [1.82, 2.24) is 15.0 Å². The average molecular weight is 386 g/mol. The zero-order chi connectivity index (χ0) is 20.3. The van der Waals surface area contributed by atoms with Gasteiger partial charge in [0.05, 0.1) is 0 Å². The highest BCUT2D eigenvalue weighted by Gasteiger charge is 2.17. The van der Waals surface area contributed by atoms with E-state index in [9.17, 15) is 0 Å². The van der Waals surface area contributed by atoms with Gasteiger partial charge >= 0.3 is 0 Å². The molecule has 29 heavy (non-hydrogen) atoms. The van der Waals surface area contributed by atoms with Crippen molar-refractivity contribution in [2.45, 2.75) is 32.6 Å². The van der Waals surface area contributed by atoms with Crippen LogP contribution in [0, 0.1) is 0 Å². The molecule has 0 aliphatic carbocycles. The molecule has 0 bridgehead atoms. The highest BCUT2D eigenvalue weighted by molar-refractivity contribution is 5.83. The maximum absolute atomic E-state index is 4.63. The zero-order valence-electron chi connectivity index (χ0n) is 17.2. The van der Waals surface area contributed by atoms with E-state index >= 15 is 0 Å². The average Bonchev–Trinajstić information content (AvgIpc) is 3.11. The number of nitrogens with zero attached hydrogens (tertiary/aromatic N) is 2.